The van der Waals surface area contributed by atoms with Gasteiger partial charge in [0.1, 0.15) is 0 Å². The van der Waals surface area contributed by atoms with E-state index in [2.05, 4.69) is 44.5 Å². The minimum absolute atomic E-state index is 0.0790. The molecule has 0 atom stereocenters. The Bertz CT molecular complexity index is 853. The Kier molecular flexibility index (Phi) is 7.07. The summed E-state index contributed by atoms with van der Waals surface area (Å²) in [7, 11) is 1.79. The number of rotatable bonds is 9. The van der Waals surface area contributed by atoms with Crippen molar-refractivity contribution in [3.05, 3.63) is 83.9 Å². The number of aryl methyl sites for hydroxylation is 1. The maximum Gasteiger partial charge on any atom is 0.256 e. The lowest BCUT2D eigenvalue weighted by molar-refractivity contribution is 0.0796. The van der Waals surface area contributed by atoms with E-state index in [1.165, 1.54) is 5.56 Å². The summed E-state index contributed by atoms with van der Waals surface area (Å²) >= 11 is 0. The van der Waals surface area contributed by atoms with Crippen molar-refractivity contribution in [1.29, 1.82) is 0 Å². The Labute approximate surface area is 165 Å². The van der Waals surface area contributed by atoms with Gasteiger partial charge < -0.3 is 10.2 Å². The fourth-order valence-corrected chi connectivity index (χ4v) is 2.84. The third kappa shape index (κ3) is 5.87. The molecule has 3 aromatic rings. The van der Waals surface area contributed by atoms with Gasteiger partial charge in [0.25, 0.3) is 5.91 Å². The highest BCUT2D eigenvalue weighted by Crippen LogP contribution is 2.07. The van der Waals surface area contributed by atoms with Gasteiger partial charge >= 0.3 is 0 Å². The Hall–Kier alpha value is -3.28. The number of amides is 1. The number of carbonyl (C=O) groups excluding carboxylic acids is 1. The van der Waals surface area contributed by atoms with Crippen LogP contribution in [0, 0.1) is 0 Å². The minimum atomic E-state index is -0.0790. The molecule has 2 heterocycles. The summed E-state index contributed by atoms with van der Waals surface area (Å²) < 4.78 is 0. The van der Waals surface area contributed by atoms with Crippen molar-refractivity contribution in [3.63, 3.8) is 0 Å². The second-order valence-electron chi connectivity index (χ2n) is 6.64. The highest BCUT2D eigenvalue weighted by Gasteiger charge is 2.12. The zero-order chi connectivity index (χ0) is 19.6. The number of nitrogens with zero attached hydrogens (tertiary/aromatic N) is 4. The van der Waals surface area contributed by atoms with Crippen molar-refractivity contribution in [2.45, 2.75) is 19.3 Å². The standard InChI is InChI=1S/C22H25N5O/c1-27(15-11-19-9-13-23-14-10-19)21(28)20-16-25-22(26-17-20)24-12-5-8-18-6-3-2-4-7-18/h2-4,6-7,9-10,13-14,16-17H,5,8,11-12,15H2,1H3,(H,24,25,26). The summed E-state index contributed by atoms with van der Waals surface area (Å²) in [6.07, 6.45) is 9.47. The third-order valence-corrected chi connectivity index (χ3v) is 4.50. The van der Waals surface area contributed by atoms with Crippen molar-refractivity contribution in [2.75, 3.05) is 25.5 Å². The lowest BCUT2D eigenvalue weighted by Crippen LogP contribution is -2.29. The molecule has 1 aromatic carbocycles. The van der Waals surface area contributed by atoms with Crippen LogP contribution in [0.2, 0.25) is 0 Å². The molecule has 0 saturated heterocycles. The predicted molar refractivity (Wildman–Crippen MR) is 110 cm³/mol. The molecule has 0 fully saturated rings. The van der Waals surface area contributed by atoms with Gasteiger partial charge in [-0.15, -0.1) is 0 Å². The maximum atomic E-state index is 12.5. The van der Waals surface area contributed by atoms with Crippen molar-refractivity contribution in [2.24, 2.45) is 0 Å². The van der Waals surface area contributed by atoms with Gasteiger partial charge in [-0.25, -0.2) is 9.97 Å². The molecule has 0 aliphatic rings. The Morgan fingerprint density at radius 3 is 2.36 bits per heavy atom. The summed E-state index contributed by atoms with van der Waals surface area (Å²) in [6.45, 7) is 1.41. The summed E-state index contributed by atoms with van der Waals surface area (Å²) in [5, 5.41) is 3.20. The fourth-order valence-electron chi connectivity index (χ4n) is 2.84. The molecule has 1 N–H and O–H groups in total. The molecule has 1 amide bonds. The van der Waals surface area contributed by atoms with Gasteiger partial charge in [-0.3, -0.25) is 9.78 Å². The number of likely N-dealkylation sites (N-methyl/N-ethyl adjacent to an activating group) is 1. The van der Waals surface area contributed by atoms with Crippen LogP contribution in [0.3, 0.4) is 0 Å². The topological polar surface area (TPSA) is 71.0 Å². The van der Waals surface area contributed by atoms with Crippen LogP contribution in [0.25, 0.3) is 0 Å². The molecule has 0 aliphatic carbocycles. The minimum Gasteiger partial charge on any atom is -0.354 e. The Morgan fingerprint density at radius 1 is 0.964 bits per heavy atom. The van der Waals surface area contributed by atoms with E-state index in [1.807, 2.05) is 18.2 Å². The van der Waals surface area contributed by atoms with Crippen LogP contribution in [0.1, 0.15) is 27.9 Å². The highest BCUT2D eigenvalue weighted by molar-refractivity contribution is 5.93. The van der Waals surface area contributed by atoms with Gasteiger partial charge in [0.2, 0.25) is 5.95 Å². The molecule has 0 aliphatic heterocycles. The molecule has 3 rings (SSSR count). The van der Waals surface area contributed by atoms with Gasteiger partial charge in [-0.05, 0) is 42.5 Å². The van der Waals surface area contributed by atoms with E-state index in [0.717, 1.165) is 31.4 Å². The van der Waals surface area contributed by atoms with E-state index in [9.17, 15) is 4.79 Å². The van der Waals surface area contributed by atoms with E-state index in [4.69, 9.17) is 0 Å². The average molecular weight is 375 g/mol. The van der Waals surface area contributed by atoms with Gasteiger partial charge in [0, 0.05) is 44.9 Å². The smallest absolute Gasteiger partial charge is 0.256 e. The second kappa shape index (κ2) is 10.2. The van der Waals surface area contributed by atoms with E-state index in [-0.39, 0.29) is 5.91 Å². The van der Waals surface area contributed by atoms with E-state index >= 15 is 0 Å². The molecular weight excluding hydrogens is 350 g/mol. The molecule has 0 spiro atoms. The highest BCUT2D eigenvalue weighted by atomic mass is 16.2. The quantitative estimate of drug-likeness (QED) is 0.582. The van der Waals surface area contributed by atoms with Gasteiger partial charge in [-0.2, -0.15) is 0 Å². The van der Waals surface area contributed by atoms with Crippen molar-refractivity contribution in [1.82, 2.24) is 19.9 Å². The first kappa shape index (κ1) is 19.5. The van der Waals surface area contributed by atoms with Crippen LogP contribution in [0.15, 0.2) is 67.3 Å². The van der Waals surface area contributed by atoms with E-state index < -0.39 is 0 Å². The number of aromatic nitrogens is 3. The van der Waals surface area contributed by atoms with Crippen LogP contribution in [0.4, 0.5) is 5.95 Å². The normalized spacial score (nSPS) is 10.5. The lowest BCUT2D eigenvalue weighted by atomic mass is 10.1. The first-order chi connectivity index (χ1) is 13.7. The van der Waals surface area contributed by atoms with Crippen molar-refractivity contribution < 1.29 is 4.79 Å². The summed E-state index contributed by atoms with van der Waals surface area (Å²) in [5.41, 5.74) is 2.97. The summed E-state index contributed by atoms with van der Waals surface area (Å²) in [5.74, 6) is 0.466. The van der Waals surface area contributed by atoms with Gasteiger partial charge in [0.15, 0.2) is 0 Å². The van der Waals surface area contributed by atoms with E-state index in [0.29, 0.717) is 18.1 Å². The average Bonchev–Trinajstić information content (AvgIpc) is 2.76. The molecule has 6 nitrogen and oxygen atoms in total. The summed E-state index contributed by atoms with van der Waals surface area (Å²) in [4.78, 5) is 26.7. The number of hydrogen-bond acceptors (Lipinski definition) is 5. The SMILES string of the molecule is CN(CCc1ccncc1)C(=O)c1cnc(NCCCc2ccccc2)nc1. The number of anilines is 1. The third-order valence-electron chi connectivity index (χ3n) is 4.50. The van der Waals surface area contributed by atoms with Crippen LogP contribution < -0.4 is 5.32 Å². The van der Waals surface area contributed by atoms with E-state index in [1.54, 1.807) is 36.7 Å². The molecule has 0 bridgehead atoms. The van der Waals surface area contributed by atoms with Crippen LogP contribution >= 0.6 is 0 Å². The number of hydrogen-bond donors (Lipinski definition) is 1. The Balaban J connectivity index is 1.43. The largest absolute Gasteiger partial charge is 0.354 e. The summed E-state index contributed by atoms with van der Waals surface area (Å²) in [6, 6.07) is 14.3. The lowest BCUT2D eigenvalue weighted by Gasteiger charge is -2.17. The fraction of sp³-hybridized carbons (Fsp3) is 0.273. The van der Waals surface area contributed by atoms with Crippen LogP contribution in [0.5, 0.6) is 0 Å². The second-order valence-corrected chi connectivity index (χ2v) is 6.64. The molecule has 0 radical (unpaired) electrons. The number of pyridine rings is 1. The molecule has 0 saturated carbocycles. The molecule has 6 heteroatoms. The molecule has 28 heavy (non-hydrogen) atoms. The van der Waals surface area contributed by atoms with Gasteiger partial charge in [-0.1, -0.05) is 30.3 Å². The first-order valence-electron chi connectivity index (χ1n) is 9.46. The number of benzene rings is 1. The Morgan fingerprint density at radius 2 is 1.64 bits per heavy atom. The van der Waals surface area contributed by atoms with Crippen LogP contribution in [-0.2, 0) is 12.8 Å². The van der Waals surface area contributed by atoms with Gasteiger partial charge in [0.05, 0.1) is 5.56 Å². The molecule has 144 valence electrons. The molecular formula is C22H25N5O. The zero-order valence-corrected chi connectivity index (χ0v) is 16.1. The molecule has 0 unspecified atom stereocenters. The maximum absolute atomic E-state index is 12.5. The monoisotopic (exact) mass is 375 g/mol. The number of carbonyl (C=O) groups is 1. The number of nitrogens with one attached hydrogen (secondary N) is 1. The first-order valence-corrected chi connectivity index (χ1v) is 9.46. The van der Waals surface area contributed by atoms with Crippen molar-refractivity contribution in [3.8, 4) is 0 Å². The van der Waals surface area contributed by atoms with Crippen LogP contribution in [-0.4, -0.2) is 45.9 Å². The molecule has 2 aromatic heterocycles. The predicted octanol–water partition coefficient (Wildman–Crippen LogP) is 3.23. The zero-order valence-electron chi connectivity index (χ0n) is 16.1. The van der Waals surface area contributed by atoms with Crippen molar-refractivity contribution >= 4 is 11.9 Å².